The van der Waals surface area contributed by atoms with Gasteiger partial charge in [0, 0.05) is 0 Å². The van der Waals surface area contributed by atoms with Crippen molar-refractivity contribution in [3.63, 3.8) is 0 Å². The minimum absolute atomic E-state index is 0.259. The van der Waals surface area contributed by atoms with Crippen LogP contribution in [-0.2, 0) is 0 Å². The molecule has 104 valence electrons. The topological polar surface area (TPSA) is 38.7 Å². The standard InChI is InChI=1S/C16H15FO3/c1-10-8-11(6-7-12(10)17)16(18)15-9-19-13-4-2-3-5-14(13)20-15/h2-8,15-16,18H,9H2,1H3. The highest BCUT2D eigenvalue weighted by Crippen LogP contribution is 2.34. The average Bonchev–Trinajstić information content (AvgIpc) is 2.49. The fourth-order valence-corrected chi connectivity index (χ4v) is 2.26. The second-order valence-corrected chi connectivity index (χ2v) is 4.87. The Balaban J connectivity index is 1.82. The number of hydrogen-bond donors (Lipinski definition) is 1. The van der Waals surface area contributed by atoms with Gasteiger partial charge in [-0.25, -0.2) is 4.39 Å². The number of rotatable bonds is 2. The molecule has 0 saturated heterocycles. The molecule has 0 aliphatic carbocycles. The van der Waals surface area contributed by atoms with E-state index in [1.165, 1.54) is 6.07 Å². The average molecular weight is 274 g/mol. The lowest BCUT2D eigenvalue weighted by Crippen LogP contribution is -2.34. The van der Waals surface area contributed by atoms with E-state index in [-0.39, 0.29) is 12.4 Å². The molecule has 4 heteroatoms. The summed E-state index contributed by atoms with van der Waals surface area (Å²) in [5.74, 6) is 1.000. The Kier molecular flexibility index (Phi) is 3.32. The Labute approximate surface area is 116 Å². The zero-order valence-electron chi connectivity index (χ0n) is 11.0. The van der Waals surface area contributed by atoms with Crippen LogP contribution in [0.1, 0.15) is 17.2 Å². The summed E-state index contributed by atoms with van der Waals surface area (Å²) in [7, 11) is 0. The van der Waals surface area contributed by atoms with Crippen molar-refractivity contribution in [1.82, 2.24) is 0 Å². The maximum atomic E-state index is 13.3. The highest BCUT2D eigenvalue weighted by molar-refractivity contribution is 5.41. The van der Waals surface area contributed by atoms with Gasteiger partial charge >= 0.3 is 0 Å². The number of aryl methyl sites for hydroxylation is 1. The highest BCUT2D eigenvalue weighted by Gasteiger charge is 2.28. The minimum Gasteiger partial charge on any atom is -0.486 e. The molecule has 0 amide bonds. The van der Waals surface area contributed by atoms with E-state index in [9.17, 15) is 9.50 Å². The zero-order valence-corrected chi connectivity index (χ0v) is 11.0. The molecule has 0 aromatic heterocycles. The molecule has 2 unspecified atom stereocenters. The predicted octanol–water partition coefficient (Wildman–Crippen LogP) is 3.01. The predicted molar refractivity (Wildman–Crippen MR) is 72.4 cm³/mol. The van der Waals surface area contributed by atoms with E-state index >= 15 is 0 Å². The van der Waals surface area contributed by atoms with Crippen LogP contribution in [-0.4, -0.2) is 17.8 Å². The van der Waals surface area contributed by atoms with E-state index < -0.39 is 12.2 Å². The van der Waals surface area contributed by atoms with Crippen LogP contribution in [0.4, 0.5) is 4.39 Å². The summed E-state index contributed by atoms with van der Waals surface area (Å²) in [6.45, 7) is 1.92. The molecule has 20 heavy (non-hydrogen) atoms. The first-order valence-electron chi connectivity index (χ1n) is 6.48. The Bertz CT molecular complexity index is 627. The van der Waals surface area contributed by atoms with Crippen molar-refractivity contribution in [2.24, 2.45) is 0 Å². The first-order chi connectivity index (χ1) is 9.65. The Morgan fingerprint density at radius 2 is 1.95 bits per heavy atom. The van der Waals surface area contributed by atoms with Gasteiger partial charge in [-0.1, -0.05) is 24.3 Å². The fourth-order valence-electron chi connectivity index (χ4n) is 2.26. The number of aliphatic hydroxyl groups is 1. The first-order valence-corrected chi connectivity index (χ1v) is 6.48. The number of para-hydroxylation sites is 2. The van der Waals surface area contributed by atoms with Gasteiger partial charge in [-0.3, -0.25) is 0 Å². The second-order valence-electron chi connectivity index (χ2n) is 4.87. The van der Waals surface area contributed by atoms with Gasteiger partial charge in [0.25, 0.3) is 0 Å². The van der Waals surface area contributed by atoms with Crippen LogP contribution in [0.2, 0.25) is 0 Å². The number of aliphatic hydroxyl groups excluding tert-OH is 1. The molecule has 3 nitrogen and oxygen atoms in total. The van der Waals surface area contributed by atoms with Crippen molar-refractivity contribution >= 4 is 0 Å². The summed E-state index contributed by atoms with van der Waals surface area (Å²) < 4.78 is 24.6. The Hall–Kier alpha value is -2.07. The van der Waals surface area contributed by atoms with Crippen LogP contribution in [0.3, 0.4) is 0 Å². The molecule has 0 fully saturated rings. The number of halogens is 1. The quantitative estimate of drug-likeness (QED) is 0.915. The van der Waals surface area contributed by atoms with Gasteiger partial charge in [-0.05, 0) is 36.2 Å². The summed E-state index contributed by atoms with van der Waals surface area (Å²) in [5, 5.41) is 10.4. The molecule has 2 aromatic carbocycles. The van der Waals surface area contributed by atoms with Crippen molar-refractivity contribution in [1.29, 1.82) is 0 Å². The number of benzene rings is 2. The summed E-state index contributed by atoms with van der Waals surface area (Å²) in [6.07, 6.45) is -1.36. The van der Waals surface area contributed by atoms with Crippen LogP contribution in [0.25, 0.3) is 0 Å². The molecule has 0 radical (unpaired) electrons. The zero-order chi connectivity index (χ0) is 14.1. The van der Waals surface area contributed by atoms with E-state index in [1.807, 2.05) is 18.2 Å². The molecule has 2 atom stereocenters. The molecule has 1 aliphatic heterocycles. The van der Waals surface area contributed by atoms with Gasteiger partial charge in [0.05, 0.1) is 0 Å². The smallest absolute Gasteiger partial charge is 0.163 e. The van der Waals surface area contributed by atoms with Gasteiger partial charge < -0.3 is 14.6 Å². The van der Waals surface area contributed by atoms with Crippen LogP contribution in [0.15, 0.2) is 42.5 Å². The number of ether oxygens (including phenoxy) is 2. The lowest BCUT2D eigenvalue weighted by molar-refractivity contribution is -0.0113. The van der Waals surface area contributed by atoms with E-state index in [2.05, 4.69) is 0 Å². The van der Waals surface area contributed by atoms with Crippen molar-refractivity contribution in [3.05, 3.63) is 59.4 Å². The molecule has 3 rings (SSSR count). The lowest BCUT2D eigenvalue weighted by Gasteiger charge is -2.29. The lowest BCUT2D eigenvalue weighted by atomic mass is 10.0. The van der Waals surface area contributed by atoms with E-state index in [0.29, 0.717) is 22.6 Å². The van der Waals surface area contributed by atoms with Crippen LogP contribution >= 0.6 is 0 Å². The van der Waals surface area contributed by atoms with Gasteiger partial charge in [0.1, 0.15) is 18.5 Å². The molecule has 1 aliphatic rings. The maximum absolute atomic E-state index is 13.3. The Morgan fingerprint density at radius 1 is 1.20 bits per heavy atom. The number of fused-ring (bicyclic) bond motifs is 1. The van der Waals surface area contributed by atoms with Gasteiger partial charge in [-0.15, -0.1) is 0 Å². The molecule has 1 heterocycles. The van der Waals surface area contributed by atoms with Crippen molar-refractivity contribution in [2.45, 2.75) is 19.1 Å². The van der Waals surface area contributed by atoms with Gasteiger partial charge in [0.2, 0.25) is 0 Å². The summed E-state index contributed by atoms with van der Waals surface area (Å²) in [6, 6.07) is 11.9. The van der Waals surface area contributed by atoms with Gasteiger partial charge in [0.15, 0.2) is 17.6 Å². The van der Waals surface area contributed by atoms with Crippen molar-refractivity contribution < 1.29 is 19.0 Å². The highest BCUT2D eigenvalue weighted by atomic mass is 19.1. The molecule has 1 N–H and O–H groups in total. The maximum Gasteiger partial charge on any atom is 0.163 e. The van der Waals surface area contributed by atoms with Gasteiger partial charge in [-0.2, -0.15) is 0 Å². The SMILES string of the molecule is Cc1cc(C(O)C2COc3ccccc3O2)ccc1F. The second kappa shape index (κ2) is 5.13. The summed E-state index contributed by atoms with van der Waals surface area (Å²) in [5.41, 5.74) is 1.12. The molecule has 0 spiro atoms. The normalized spacial score (nSPS) is 18.6. The molecule has 0 saturated carbocycles. The molecule has 2 aromatic rings. The monoisotopic (exact) mass is 274 g/mol. The summed E-state index contributed by atoms with van der Waals surface area (Å²) >= 11 is 0. The van der Waals surface area contributed by atoms with E-state index in [4.69, 9.17) is 9.47 Å². The minimum atomic E-state index is -0.859. The number of hydrogen-bond acceptors (Lipinski definition) is 3. The third-order valence-corrected chi connectivity index (χ3v) is 3.41. The third-order valence-electron chi connectivity index (χ3n) is 3.41. The van der Waals surface area contributed by atoms with Crippen LogP contribution in [0.5, 0.6) is 11.5 Å². The first kappa shape index (κ1) is 12.9. The largest absolute Gasteiger partial charge is 0.486 e. The molecular weight excluding hydrogens is 259 g/mol. The van der Waals surface area contributed by atoms with Crippen LogP contribution < -0.4 is 9.47 Å². The molecule has 0 bridgehead atoms. The fraction of sp³-hybridized carbons (Fsp3) is 0.250. The summed E-state index contributed by atoms with van der Waals surface area (Å²) in [4.78, 5) is 0. The van der Waals surface area contributed by atoms with E-state index in [0.717, 1.165) is 0 Å². The van der Waals surface area contributed by atoms with E-state index in [1.54, 1.807) is 25.1 Å². The Morgan fingerprint density at radius 3 is 2.70 bits per heavy atom. The molecular formula is C16H15FO3. The van der Waals surface area contributed by atoms with Crippen molar-refractivity contribution in [3.8, 4) is 11.5 Å². The third kappa shape index (κ3) is 2.34. The van der Waals surface area contributed by atoms with Crippen LogP contribution in [0, 0.1) is 12.7 Å². The van der Waals surface area contributed by atoms with Crippen molar-refractivity contribution in [2.75, 3.05) is 6.61 Å².